The Balaban J connectivity index is 1.34. The van der Waals surface area contributed by atoms with E-state index in [4.69, 9.17) is 21.1 Å². The van der Waals surface area contributed by atoms with Crippen LogP contribution in [0.3, 0.4) is 0 Å². The summed E-state index contributed by atoms with van der Waals surface area (Å²) in [5.41, 5.74) is 0.0588. The number of thioether (sulfide) groups is 1. The van der Waals surface area contributed by atoms with Gasteiger partial charge in [-0.25, -0.2) is 0 Å². The van der Waals surface area contributed by atoms with Gasteiger partial charge in [-0.3, -0.25) is 29.4 Å². The minimum Gasteiger partial charge on any atom is -0.485 e. The second kappa shape index (κ2) is 9.51. The summed E-state index contributed by atoms with van der Waals surface area (Å²) < 4.78 is 11.1. The lowest BCUT2D eigenvalue weighted by Gasteiger charge is -2.25. The van der Waals surface area contributed by atoms with Crippen LogP contribution in [-0.4, -0.2) is 52.7 Å². The number of imide groups is 1. The molecular formula is C21H16ClN3O7S. The van der Waals surface area contributed by atoms with Crippen LogP contribution in [0, 0.1) is 10.1 Å². The number of hydrogen-bond acceptors (Lipinski definition) is 8. The van der Waals surface area contributed by atoms with Gasteiger partial charge in [-0.2, -0.15) is 0 Å². The van der Waals surface area contributed by atoms with Gasteiger partial charge in [-0.15, -0.1) is 0 Å². The van der Waals surface area contributed by atoms with Gasteiger partial charge in [0, 0.05) is 19.2 Å². The van der Waals surface area contributed by atoms with Crippen molar-refractivity contribution in [1.82, 2.24) is 10.2 Å². The summed E-state index contributed by atoms with van der Waals surface area (Å²) in [6, 6.07) is 11.1. The van der Waals surface area contributed by atoms with Crippen LogP contribution in [0.25, 0.3) is 6.08 Å². The lowest BCUT2D eigenvalue weighted by molar-refractivity contribution is -0.384. The molecule has 0 aliphatic carbocycles. The van der Waals surface area contributed by atoms with Crippen LogP contribution in [0.15, 0.2) is 47.4 Å². The average molecular weight is 490 g/mol. The molecular weight excluding hydrogens is 474 g/mol. The molecule has 0 saturated carbocycles. The summed E-state index contributed by atoms with van der Waals surface area (Å²) in [6.45, 7) is 0.0249. The normalized spacial score (nSPS) is 18.5. The lowest BCUT2D eigenvalue weighted by atomic mass is 10.2. The quantitative estimate of drug-likeness (QED) is 0.372. The summed E-state index contributed by atoms with van der Waals surface area (Å²) in [5, 5.41) is 13.1. The van der Waals surface area contributed by atoms with Gasteiger partial charge in [-0.1, -0.05) is 29.8 Å². The number of fused-ring (bicyclic) bond motifs is 1. The number of ether oxygens (including phenoxy) is 2. The number of hydrogen-bond donors (Lipinski definition) is 1. The SMILES string of the molecule is O=C(NCCN1C(=O)S/C(=C\c2ccc(Cl)c([N+](=O)[O-])c2)C1=O)C1COc2ccccc2O1. The van der Waals surface area contributed by atoms with E-state index in [2.05, 4.69) is 5.32 Å². The third-order valence-electron chi connectivity index (χ3n) is 4.77. The van der Waals surface area contributed by atoms with Gasteiger partial charge in [0.2, 0.25) is 6.10 Å². The van der Waals surface area contributed by atoms with Gasteiger partial charge < -0.3 is 14.8 Å². The Morgan fingerprint density at radius 3 is 2.79 bits per heavy atom. The molecule has 0 spiro atoms. The summed E-state index contributed by atoms with van der Waals surface area (Å²) in [6.07, 6.45) is 0.535. The van der Waals surface area contributed by atoms with E-state index in [0.29, 0.717) is 28.8 Å². The van der Waals surface area contributed by atoms with E-state index >= 15 is 0 Å². The molecule has 12 heteroatoms. The molecule has 2 heterocycles. The van der Waals surface area contributed by atoms with E-state index < -0.39 is 28.1 Å². The van der Waals surface area contributed by atoms with Crippen LogP contribution in [0.5, 0.6) is 11.5 Å². The maximum atomic E-state index is 12.6. The second-order valence-corrected chi connectivity index (χ2v) is 8.36. The molecule has 1 atom stereocenters. The number of para-hydroxylation sites is 2. The molecule has 3 amide bonds. The van der Waals surface area contributed by atoms with Gasteiger partial charge in [0.15, 0.2) is 11.5 Å². The number of halogens is 1. The van der Waals surface area contributed by atoms with Crippen molar-refractivity contribution in [1.29, 1.82) is 0 Å². The molecule has 1 saturated heterocycles. The fourth-order valence-corrected chi connectivity index (χ4v) is 4.21. The maximum absolute atomic E-state index is 12.6. The predicted molar refractivity (Wildman–Crippen MR) is 120 cm³/mol. The molecule has 0 bridgehead atoms. The predicted octanol–water partition coefficient (Wildman–Crippen LogP) is 3.24. The third-order valence-corrected chi connectivity index (χ3v) is 6.00. The van der Waals surface area contributed by atoms with Crippen molar-refractivity contribution >= 4 is 52.2 Å². The van der Waals surface area contributed by atoms with Crippen LogP contribution in [0.1, 0.15) is 5.56 Å². The zero-order valence-corrected chi connectivity index (χ0v) is 18.4. The number of benzene rings is 2. The van der Waals surface area contributed by atoms with Gasteiger partial charge >= 0.3 is 0 Å². The van der Waals surface area contributed by atoms with Crippen molar-refractivity contribution in [3.63, 3.8) is 0 Å². The second-order valence-electron chi connectivity index (χ2n) is 6.96. The first-order chi connectivity index (χ1) is 15.8. The van der Waals surface area contributed by atoms with E-state index in [-0.39, 0.29) is 35.3 Å². The Bertz CT molecular complexity index is 1190. The Morgan fingerprint density at radius 1 is 1.27 bits per heavy atom. The summed E-state index contributed by atoms with van der Waals surface area (Å²) in [5.74, 6) is 0.0307. The Labute approximate surface area is 196 Å². The van der Waals surface area contributed by atoms with Crippen LogP contribution in [0.2, 0.25) is 5.02 Å². The molecule has 1 unspecified atom stereocenters. The highest BCUT2D eigenvalue weighted by molar-refractivity contribution is 8.18. The number of amides is 3. The first-order valence-electron chi connectivity index (χ1n) is 9.69. The lowest BCUT2D eigenvalue weighted by Crippen LogP contribution is -2.46. The summed E-state index contributed by atoms with van der Waals surface area (Å²) in [4.78, 5) is 48.8. The van der Waals surface area contributed by atoms with E-state index in [1.54, 1.807) is 24.3 Å². The molecule has 170 valence electrons. The highest BCUT2D eigenvalue weighted by Gasteiger charge is 2.35. The van der Waals surface area contributed by atoms with E-state index in [0.717, 1.165) is 4.90 Å². The van der Waals surface area contributed by atoms with Crippen LogP contribution >= 0.6 is 23.4 Å². The van der Waals surface area contributed by atoms with Crippen molar-refractivity contribution < 1.29 is 28.8 Å². The third kappa shape index (κ3) is 4.94. The maximum Gasteiger partial charge on any atom is 0.293 e. The van der Waals surface area contributed by atoms with E-state index in [1.165, 1.54) is 24.3 Å². The molecule has 0 radical (unpaired) electrons. The fraction of sp³-hybridized carbons (Fsp3) is 0.190. The smallest absolute Gasteiger partial charge is 0.293 e. The zero-order chi connectivity index (χ0) is 23.5. The number of nitrogens with one attached hydrogen (secondary N) is 1. The number of carbonyl (C=O) groups excluding carboxylic acids is 3. The number of nitrogens with zero attached hydrogens (tertiary/aromatic N) is 2. The number of carbonyl (C=O) groups is 3. The Kier molecular flexibility index (Phi) is 6.52. The van der Waals surface area contributed by atoms with Crippen molar-refractivity contribution in [3.8, 4) is 11.5 Å². The first-order valence-corrected chi connectivity index (χ1v) is 10.9. The molecule has 10 nitrogen and oxygen atoms in total. The molecule has 4 rings (SSSR count). The first kappa shape index (κ1) is 22.6. The monoisotopic (exact) mass is 489 g/mol. The van der Waals surface area contributed by atoms with Gasteiger partial charge in [-0.05, 0) is 41.6 Å². The Hall–Kier alpha value is -3.57. The number of nitro benzene ring substituents is 1. The summed E-state index contributed by atoms with van der Waals surface area (Å²) >= 11 is 6.51. The van der Waals surface area contributed by atoms with Gasteiger partial charge in [0.25, 0.3) is 22.7 Å². The van der Waals surface area contributed by atoms with E-state index in [9.17, 15) is 24.5 Å². The molecule has 2 aromatic rings. The largest absolute Gasteiger partial charge is 0.485 e. The van der Waals surface area contributed by atoms with Gasteiger partial charge in [0.05, 0.1) is 9.83 Å². The molecule has 2 aliphatic rings. The topological polar surface area (TPSA) is 128 Å². The minimum atomic E-state index is -0.851. The van der Waals surface area contributed by atoms with E-state index in [1.807, 2.05) is 0 Å². The van der Waals surface area contributed by atoms with Crippen molar-refractivity contribution in [2.24, 2.45) is 0 Å². The van der Waals surface area contributed by atoms with Crippen molar-refractivity contribution in [3.05, 3.63) is 68.1 Å². The molecule has 1 N–H and O–H groups in total. The molecule has 2 aromatic carbocycles. The average Bonchev–Trinajstić information content (AvgIpc) is 3.07. The molecule has 1 fully saturated rings. The van der Waals surface area contributed by atoms with Crippen molar-refractivity contribution in [2.75, 3.05) is 19.7 Å². The molecule has 0 aromatic heterocycles. The number of rotatable bonds is 6. The highest BCUT2D eigenvalue weighted by Crippen LogP contribution is 2.34. The minimum absolute atomic E-state index is 0.0259. The Morgan fingerprint density at radius 2 is 2.03 bits per heavy atom. The number of nitro groups is 1. The van der Waals surface area contributed by atoms with Crippen molar-refractivity contribution in [2.45, 2.75) is 6.10 Å². The van der Waals surface area contributed by atoms with Crippen LogP contribution in [0.4, 0.5) is 10.5 Å². The summed E-state index contributed by atoms with van der Waals surface area (Å²) in [7, 11) is 0. The molecule has 2 aliphatic heterocycles. The highest BCUT2D eigenvalue weighted by atomic mass is 35.5. The molecule has 33 heavy (non-hydrogen) atoms. The zero-order valence-electron chi connectivity index (χ0n) is 16.9. The fourth-order valence-electron chi connectivity index (χ4n) is 3.16. The van der Waals surface area contributed by atoms with Gasteiger partial charge in [0.1, 0.15) is 11.6 Å². The van der Waals surface area contributed by atoms with Crippen LogP contribution in [-0.2, 0) is 9.59 Å². The standard InChI is InChI=1S/C21H16ClN3O7S/c22-13-6-5-12(9-14(13)25(29)30)10-18-20(27)24(21(28)33-18)8-7-23-19(26)17-11-31-15-3-1-2-4-16(15)32-17/h1-6,9-10,17H,7-8,11H2,(H,23,26)/b18-10-. The van der Waals surface area contributed by atoms with Crippen LogP contribution < -0.4 is 14.8 Å².